The molecule has 1 aromatic carbocycles. The molecular formula is C19H15Br3ClN5O2. The number of aromatic nitrogens is 3. The van der Waals surface area contributed by atoms with Crippen molar-refractivity contribution >= 4 is 76.9 Å². The van der Waals surface area contributed by atoms with Crippen LogP contribution in [0.3, 0.4) is 0 Å². The molecule has 0 aliphatic rings. The van der Waals surface area contributed by atoms with Gasteiger partial charge in [0.2, 0.25) is 0 Å². The van der Waals surface area contributed by atoms with Crippen molar-refractivity contribution in [3.8, 4) is 5.82 Å². The summed E-state index contributed by atoms with van der Waals surface area (Å²) >= 11 is 16.3. The van der Waals surface area contributed by atoms with Crippen LogP contribution < -0.4 is 10.6 Å². The summed E-state index contributed by atoms with van der Waals surface area (Å²) < 4.78 is 3.02. The first-order valence-electron chi connectivity index (χ1n) is 8.76. The van der Waals surface area contributed by atoms with Gasteiger partial charge in [-0.1, -0.05) is 34.5 Å². The summed E-state index contributed by atoms with van der Waals surface area (Å²) in [7, 11) is 0. The van der Waals surface area contributed by atoms with Gasteiger partial charge in [-0.2, -0.15) is 5.10 Å². The largest absolute Gasteiger partial charge is 0.352 e. The van der Waals surface area contributed by atoms with Crippen molar-refractivity contribution in [2.45, 2.75) is 13.3 Å². The molecule has 0 atom stereocenters. The van der Waals surface area contributed by atoms with E-state index in [1.54, 1.807) is 36.5 Å². The van der Waals surface area contributed by atoms with E-state index in [0.717, 1.165) is 6.42 Å². The molecule has 11 heteroatoms. The molecule has 156 valence electrons. The summed E-state index contributed by atoms with van der Waals surface area (Å²) in [6, 6.07) is 8.28. The molecule has 0 saturated heterocycles. The molecule has 3 rings (SSSR count). The van der Waals surface area contributed by atoms with Gasteiger partial charge in [0.25, 0.3) is 11.8 Å². The quantitative estimate of drug-likeness (QED) is 0.376. The van der Waals surface area contributed by atoms with Crippen LogP contribution in [0.1, 0.15) is 34.2 Å². The zero-order chi connectivity index (χ0) is 21.8. The summed E-state index contributed by atoms with van der Waals surface area (Å²) in [5.74, 6) is -0.468. The lowest BCUT2D eigenvalue weighted by molar-refractivity contribution is 0.0954. The Kier molecular flexibility index (Phi) is 7.67. The van der Waals surface area contributed by atoms with Crippen LogP contribution in [-0.2, 0) is 0 Å². The number of anilines is 1. The Bertz CT molecular complexity index is 1120. The van der Waals surface area contributed by atoms with E-state index in [-0.39, 0.29) is 11.6 Å². The minimum absolute atomic E-state index is 0.192. The van der Waals surface area contributed by atoms with Gasteiger partial charge in [-0.25, -0.2) is 9.67 Å². The summed E-state index contributed by atoms with van der Waals surface area (Å²) in [6.45, 7) is 2.48. The first-order chi connectivity index (χ1) is 14.3. The zero-order valence-corrected chi connectivity index (χ0v) is 21.1. The number of carbonyl (C=O) groups is 2. The molecule has 0 fully saturated rings. The van der Waals surface area contributed by atoms with Crippen LogP contribution in [0.25, 0.3) is 5.82 Å². The Hall–Kier alpha value is -1.75. The lowest BCUT2D eigenvalue weighted by atomic mass is 10.1. The topological polar surface area (TPSA) is 88.9 Å². The fourth-order valence-electron chi connectivity index (χ4n) is 2.60. The van der Waals surface area contributed by atoms with Gasteiger partial charge in [-0.3, -0.25) is 9.59 Å². The normalized spacial score (nSPS) is 10.7. The van der Waals surface area contributed by atoms with Gasteiger partial charge in [-0.15, -0.1) is 0 Å². The molecule has 2 heterocycles. The number of hydrogen-bond donors (Lipinski definition) is 2. The van der Waals surface area contributed by atoms with Crippen LogP contribution in [0.4, 0.5) is 5.69 Å². The van der Waals surface area contributed by atoms with Gasteiger partial charge in [0.15, 0.2) is 5.82 Å². The minimum Gasteiger partial charge on any atom is -0.352 e. The van der Waals surface area contributed by atoms with Crippen LogP contribution in [0.15, 0.2) is 50.1 Å². The predicted octanol–water partition coefficient (Wildman–Crippen LogP) is 5.60. The highest BCUT2D eigenvalue weighted by Gasteiger charge is 2.22. The van der Waals surface area contributed by atoms with E-state index in [4.69, 9.17) is 11.6 Å². The number of hydrogen-bond acceptors (Lipinski definition) is 4. The maximum Gasteiger partial charge on any atom is 0.274 e. The van der Waals surface area contributed by atoms with Gasteiger partial charge in [0.1, 0.15) is 10.3 Å². The number of carbonyl (C=O) groups excluding carboxylic acids is 2. The molecule has 30 heavy (non-hydrogen) atoms. The smallest absolute Gasteiger partial charge is 0.274 e. The van der Waals surface area contributed by atoms with Gasteiger partial charge >= 0.3 is 0 Å². The van der Waals surface area contributed by atoms with Crippen LogP contribution >= 0.6 is 59.4 Å². The molecule has 2 amide bonds. The van der Waals surface area contributed by atoms with Crippen molar-refractivity contribution < 1.29 is 9.59 Å². The van der Waals surface area contributed by atoms with E-state index in [0.29, 0.717) is 42.2 Å². The summed E-state index contributed by atoms with van der Waals surface area (Å²) in [4.78, 5) is 30.0. The number of nitrogens with one attached hydrogen (secondary N) is 2. The lowest BCUT2D eigenvalue weighted by Crippen LogP contribution is -2.26. The number of nitrogens with zero attached hydrogens (tertiary/aromatic N) is 3. The third kappa shape index (κ3) is 5.11. The minimum atomic E-state index is -0.484. The monoisotopic (exact) mass is 617 g/mol. The van der Waals surface area contributed by atoms with Crippen molar-refractivity contribution in [2.24, 2.45) is 0 Å². The number of pyridine rings is 1. The molecule has 0 aliphatic carbocycles. The first kappa shape index (κ1) is 22.9. The molecule has 0 spiro atoms. The van der Waals surface area contributed by atoms with Crippen LogP contribution in [-0.4, -0.2) is 33.1 Å². The lowest BCUT2D eigenvalue weighted by Gasteiger charge is -2.14. The van der Waals surface area contributed by atoms with E-state index >= 15 is 0 Å². The van der Waals surface area contributed by atoms with Gasteiger partial charge in [0, 0.05) is 27.8 Å². The Morgan fingerprint density at radius 1 is 1.17 bits per heavy atom. The van der Waals surface area contributed by atoms with E-state index in [2.05, 4.69) is 68.5 Å². The highest BCUT2D eigenvalue weighted by atomic mass is 79.9. The summed E-state index contributed by atoms with van der Waals surface area (Å²) in [5, 5.41) is 10.2. The predicted molar refractivity (Wildman–Crippen MR) is 126 cm³/mol. The second-order valence-electron chi connectivity index (χ2n) is 6.09. The zero-order valence-electron chi connectivity index (χ0n) is 15.5. The summed E-state index contributed by atoms with van der Waals surface area (Å²) in [5.41, 5.74) is 0.851. The average Bonchev–Trinajstić information content (AvgIpc) is 3.09. The fourth-order valence-corrected chi connectivity index (χ4v) is 4.50. The van der Waals surface area contributed by atoms with Crippen molar-refractivity contribution in [3.05, 3.63) is 66.4 Å². The number of halogens is 4. The molecule has 0 bridgehead atoms. The van der Waals surface area contributed by atoms with Crippen molar-refractivity contribution in [1.29, 1.82) is 0 Å². The Labute approximate surface area is 203 Å². The highest BCUT2D eigenvalue weighted by Crippen LogP contribution is 2.32. The molecule has 2 aromatic heterocycles. The van der Waals surface area contributed by atoms with E-state index in [1.807, 2.05) is 6.92 Å². The maximum absolute atomic E-state index is 13.1. The van der Waals surface area contributed by atoms with Crippen LogP contribution in [0.2, 0.25) is 5.02 Å². The number of amides is 2. The highest BCUT2D eigenvalue weighted by molar-refractivity contribution is 9.11. The molecule has 0 radical (unpaired) electrons. The Balaban J connectivity index is 2.00. The number of benzene rings is 1. The third-order valence-corrected chi connectivity index (χ3v) is 5.69. The molecule has 7 nitrogen and oxygen atoms in total. The third-order valence-electron chi connectivity index (χ3n) is 3.93. The second kappa shape index (κ2) is 10.0. The van der Waals surface area contributed by atoms with Gasteiger partial charge in [-0.05, 0) is 62.5 Å². The Morgan fingerprint density at radius 2 is 1.93 bits per heavy atom. The standard InChI is InChI=1S/C19H15Br3ClN5O2/c1-2-5-25-18(29)11-7-10(20)8-12(21)16(11)26-19(30)14-9-15(22)27-28(14)17-13(23)4-3-6-24-17/h3-4,6-9H,2,5H2,1H3,(H,25,29)(H,26,30). The maximum atomic E-state index is 13.1. The molecule has 2 N–H and O–H groups in total. The van der Waals surface area contributed by atoms with Crippen molar-refractivity contribution in [3.63, 3.8) is 0 Å². The molecule has 0 unspecified atom stereocenters. The van der Waals surface area contributed by atoms with Gasteiger partial charge < -0.3 is 10.6 Å². The van der Waals surface area contributed by atoms with E-state index in [9.17, 15) is 9.59 Å². The molecule has 0 saturated carbocycles. The van der Waals surface area contributed by atoms with Gasteiger partial charge in [0.05, 0.1) is 16.3 Å². The second-order valence-corrected chi connectivity index (χ2v) is 9.08. The van der Waals surface area contributed by atoms with Crippen molar-refractivity contribution in [1.82, 2.24) is 20.1 Å². The Morgan fingerprint density at radius 3 is 2.63 bits per heavy atom. The van der Waals surface area contributed by atoms with E-state index in [1.165, 1.54) is 4.68 Å². The fraction of sp³-hybridized carbons (Fsp3) is 0.158. The molecular weight excluding hydrogens is 605 g/mol. The summed E-state index contributed by atoms with van der Waals surface area (Å²) in [6.07, 6.45) is 2.35. The van der Waals surface area contributed by atoms with Crippen LogP contribution in [0, 0.1) is 0 Å². The number of rotatable bonds is 6. The average molecular weight is 621 g/mol. The van der Waals surface area contributed by atoms with Crippen molar-refractivity contribution in [2.75, 3.05) is 11.9 Å². The molecule has 0 aliphatic heterocycles. The van der Waals surface area contributed by atoms with Crippen LogP contribution in [0.5, 0.6) is 0 Å². The first-order valence-corrected chi connectivity index (χ1v) is 11.5. The SMILES string of the molecule is CCCNC(=O)c1cc(Br)cc(Br)c1NC(=O)c1cc(Br)nn1-c1ncccc1Cl. The molecule has 3 aromatic rings. The van der Waals surface area contributed by atoms with E-state index < -0.39 is 5.91 Å².